The normalized spacial score (nSPS) is 24.0. The first kappa shape index (κ1) is 15.9. The highest BCUT2D eigenvalue weighted by Gasteiger charge is 2.31. The number of nitrogens with one attached hydrogen (secondary N) is 1. The molecule has 112 valence electrons. The van der Waals surface area contributed by atoms with E-state index in [0.717, 1.165) is 19.3 Å². The van der Waals surface area contributed by atoms with E-state index < -0.39 is 10.0 Å². The summed E-state index contributed by atoms with van der Waals surface area (Å²) >= 11 is 3.26. The standard InChI is InChI=1S/C14H21BrN2O2S/c1-10(2)13-5-3-4-6-14(13)17-20(18,19)12-7-11(15)8-16-9-12/h7-10,13-14,17H,3-6H2,1-2H3. The molecule has 0 saturated heterocycles. The molecule has 1 aromatic heterocycles. The van der Waals surface area contributed by atoms with Gasteiger partial charge in [0.15, 0.2) is 0 Å². The Morgan fingerprint density at radius 1 is 1.30 bits per heavy atom. The lowest BCUT2D eigenvalue weighted by molar-refractivity contribution is 0.226. The number of pyridine rings is 1. The van der Waals surface area contributed by atoms with Crippen molar-refractivity contribution in [1.29, 1.82) is 0 Å². The molecule has 2 atom stereocenters. The Hall–Kier alpha value is -0.460. The van der Waals surface area contributed by atoms with Crippen molar-refractivity contribution in [3.63, 3.8) is 0 Å². The van der Waals surface area contributed by atoms with Crippen LogP contribution < -0.4 is 4.72 Å². The molecule has 1 aliphatic rings. The summed E-state index contributed by atoms with van der Waals surface area (Å²) in [5.41, 5.74) is 0. The molecule has 2 rings (SSSR count). The van der Waals surface area contributed by atoms with Crippen LogP contribution in [0.2, 0.25) is 0 Å². The van der Waals surface area contributed by atoms with Gasteiger partial charge in [0.25, 0.3) is 0 Å². The van der Waals surface area contributed by atoms with E-state index in [2.05, 4.69) is 39.5 Å². The van der Waals surface area contributed by atoms with Gasteiger partial charge in [0.05, 0.1) is 0 Å². The molecule has 4 nitrogen and oxygen atoms in total. The lowest BCUT2D eigenvalue weighted by Gasteiger charge is -2.34. The maximum Gasteiger partial charge on any atom is 0.242 e. The van der Waals surface area contributed by atoms with Gasteiger partial charge in [0, 0.05) is 22.9 Å². The minimum Gasteiger partial charge on any atom is -0.262 e. The SMILES string of the molecule is CC(C)C1CCCCC1NS(=O)(=O)c1cncc(Br)c1. The highest BCUT2D eigenvalue weighted by Crippen LogP contribution is 2.31. The van der Waals surface area contributed by atoms with Gasteiger partial charge < -0.3 is 0 Å². The summed E-state index contributed by atoms with van der Waals surface area (Å²) in [5.74, 6) is 0.905. The van der Waals surface area contributed by atoms with Crippen LogP contribution in [0.3, 0.4) is 0 Å². The minimum absolute atomic E-state index is 0.0349. The molecule has 0 spiro atoms. The number of hydrogen-bond donors (Lipinski definition) is 1. The molecule has 0 radical (unpaired) electrons. The largest absolute Gasteiger partial charge is 0.262 e. The minimum atomic E-state index is -3.49. The summed E-state index contributed by atoms with van der Waals surface area (Å²) in [5, 5.41) is 0. The zero-order valence-electron chi connectivity index (χ0n) is 11.8. The Labute approximate surface area is 129 Å². The smallest absolute Gasteiger partial charge is 0.242 e. The summed E-state index contributed by atoms with van der Waals surface area (Å²) in [4.78, 5) is 4.15. The molecule has 1 aromatic rings. The van der Waals surface area contributed by atoms with Gasteiger partial charge in [-0.15, -0.1) is 0 Å². The molecule has 6 heteroatoms. The van der Waals surface area contributed by atoms with Gasteiger partial charge in [-0.2, -0.15) is 0 Å². The third-order valence-electron chi connectivity index (χ3n) is 3.97. The average molecular weight is 361 g/mol. The maximum absolute atomic E-state index is 12.4. The topological polar surface area (TPSA) is 59.1 Å². The average Bonchev–Trinajstić information content (AvgIpc) is 2.38. The third-order valence-corrected chi connectivity index (χ3v) is 5.86. The van der Waals surface area contributed by atoms with Crippen LogP contribution in [0, 0.1) is 11.8 Å². The van der Waals surface area contributed by atoms with Crippen LogP contribution in [0.1, 0.15) is 39.5 Å². The van der Waals surface area contributed by atoms with E-state index in [4.69, 9.17) is 0 Å². The third kappa shape index (κ3) is 3.80. The van der Waals surface area contributed by atoms with Gasteiger partial charge in [-0.05, 0) is 46.7 Å². The van der Waals surface area contributed by atoms with E-state index in [1.54, 1.807) is 12.3 Å². The Morgan fingerprint density at radius 2 is 2.00 bits per heavy atom. The number of nitrogens with zero attached hydrogens (tertiary/aromatic N) is 1. The summed E-state index contributed by atoms with van der Waals surface area (Å²) in [6.45, 7) is 4.33. The molecule has 1 heterocycles. The van der Waals surface area contributed by atoms with Crippen molar-refractivity contribution in [2.75, 3.05) is 0 Å². The van der Waals surface area contributed by atoms with Crippen molar-refractivity contribution in [2.45, 2.75) is 50.5 Å². The lowest BCUT2D eigenvalue weighted by atomic mass is 9.78. The van der Waals surface area contributed by atoms with Crippen LogP contribution >= 0.6 is 15.9 Å². The predicted octanol–water partition coefficient (Wildman–Crippen LogP) is 3.34. The fourth-order valence-electron chi connectivity index (χ4n) is 2.91. The van der Waals surface area contributed by atoms with Crippen molar-refractivity contribution >= 4 is 26.0 Å². The predicted molar refractivity (Wildman–Crippen MR) is 82.8 cm³/mol. The zero-order valence-corrected chi connectivity index (χ0v) is 14.2. The van der Waals surface area contributed by atoms with Crippen LogP contribution in [0.15, 0.2) is 27.8 Å². The van der Waals surface area contributed by atoms with E-state index in [0.29, 0.717) is 16.3 Å². The Morgan fingerprint density at radius 3 is 2.65 bits per heavy atom. The van der Waals surface area contributed by atoms with Gasteiger partial charge in [-0.1, -0.05) is 26.7 Å². The van der Waals surface area contributed by atoms with Gasteiger partial charge in [0.2, 0.25) is 10.0 Å². The molecule has 1 fully saturated rings. The number of halogens is 1. The molecule has 0 amide bonds. The first-order valence-electron chi connectivity index (χ1n) is 7.03. The fraction of sp³-hybridized carbons (Fsp3) is 0.643. The van der Waals surface area contributed by atoms with Crippen LogP contribution in [0.25, 0.3) is 0 Å². The van der Waals surface area contributed by atoms with Crippen molar-refractivity contribution in [3.05, 3.63) is 22.9 Å². The molecule has 1 N–H and O–H groups in total. The number of hydrogen-bond acceptors (Lipinski definition) is 3. The van der Waals surface area contributed by atoms with E-state index >= 15 is 0 Å². The molecular formula is C14H21BrN2O2S. The summed E-state index contributed by atoms with van der Waals surface area (Å²) in [7, 11) is -3.49. The summed E-state index contributed by atoms with van der Waals surface area (Å²) < 4.78 is 28.4. The Kier molecular flexibility index (Phi) is 5.20. The van der Waals surface area contributed by atoms with Gasteiger partial charge >= 0.3 is 0 Å². The van der Waals surface area contributed by atoms with Crippen molar-refractivity contribution in [1.82, 2.24) is 9.71 Å². The van der Waals surface area contributed by atoms with Gasteiger partial charge in [0.1, 0.15) is 4.90 Å². The summed E-state index contributed by atoms with van der Waals surface area (Å²) in [6.07, 6.45) is 7.27. The number of rotatable bonds is 4. The second kappa shape index (κ2) is 6.54. The van der Waals surface area contributed by atoms with E-state index in [1.807, 2.05) is 0 Å². The van der Waals surface area contributed by atoms with Gasteiger partial charge in [-0.3, -0.25) is 4.98 Å². The molecule has 1 aliphatic carbocycles. The van der Waals surface area contributed by atoms with Crippen molar-refractivity contribution < 1.29 is 8.42 Å². The maximum atomic E-state index is 12.4. The Balaban J connectivity index is 2.18. The monoisotopic (exact) mass is 360 g/mol. The first-order valence-corrected chi connectivity index (χ1v) is 9.30. The number of aromatic nitrogens is 1. The first-order chi connectivity index (χ1) is 9.40. The molecule has 0 bridgehead atoms. The van der Waals surface area contributed by atoms with Crippen LogP contribution in [0.4, 0.5) is 0 Å². The molecule has 0 aromatic carbocycles. The number of sulfonamides is 1. The van der Waals surface area contributed by atoms with E-state index in [1.165, 1.54) is 12.6 Å². The second-order valence-electron chi connectivity index (χ2n) is 5.76. The fourth-order valence-corrected chi connectivity index (χ4v) is 4.74. The van der Waals surface area contributed by atoms with Crippen molar-refractivity contribution in [2.24, 2.45) is 11.8 Å². The molecule has 0 aliphatic heterocycles. The zero-order chi connectivity index (χ0) is 14.8. The van der Waals surface area contributed by atoms with Gasteiger partial charge in [-0.25, -0.2) is 13.1 Å². The van der Waals surface area contributed by atoms with E-state index in [9.17, 15) is 8.42 Å². The van der Waals surface area contributed by atoms with Crippen molar-refractivity contribution in [3.8, 4) is 0 Å². The molecule has 1 saturated carbocycles. The summed E-state index contributed by atoms with van der Waals surface area (Å²) in [6, 6.07) is 1.62. The quantitative estimate of drug-likeness (QED) is 0.895. The van der Waals surface area contributed by atoms with E-state index in [-0.39, 0.29) is 10.9 Å². The lowest BCUT2D eigenvalue weighted by Crippen LogP contribution is -2.43. The molecular weight excluding hydrogens is 340 g/mol. The molecule has 2 unspecified atom stereocenters. The second-order valence-corrected chi connectivity index (χ2v) is 8.39. The Bertz CT molecular complexity index is 560. The highest BCUT2D eigenvalue weighted by atomic mass is 79.9. The highest BCUT2D eigenvalue weighted by molar-refractivity contribution is 9.10. The van der Waals surface area contributed by atoms with Crippen LogP contribution in [-0.4, -0.2) is 19.4 Å². The van der Waals surface area contributed by atoms with Crippen LogP contribution in [-0.2, 0) is 10.0 Å². The molecule has 20 heavy (non-hydrogen) atoms. The van der Waals surface area contributed by atoms with Crippen LogP contribution in [0.5, 0.6) is 0 Å².